The van der Waals surface area contributed by atoms with Crippen molar-refractivity contribution in [2.45, 2.75) is 75.7 Å². The molecule has 1 amide bonds. The van der Waals surface area contributed by atoms with Gasteiger partial charge >= 0.3 is 0 Å². The van der Waals surface area contributed by atoms with Crippen LogP contribution in [0.4, 0.5) is 0 Å². The van der Waals surface area contributed by atoms with E-state index < -0.39 is 0 Å². The van der Waals surface area contributed by atoms with Crippen LogP contribution in [-0.2, 0) is 14.3 Å². The Labute approximate surface area is 126 Å². The first-order valence-electron chi connectivity index (χ1n) is 8.52. The molecule has 5 heteroatoms. The first kappa shape index (κ1) is 15.3. The van der Waals surface area contributed by atoms with Gasteiger partial charge < -0.3 is 20.5 Å². The molecule has 2 aliphatic heterocycles. The molecule has 5 nitrogen and oxygen atoms in total. The highest BCUT2D eigenvalue weighted by atomic mass is 16.6. The fourth-order valence-corrected chi connectivity index (χ4v) is 3.96. The topological polar surface area (TPSA) is 73.6 Å². The molecule has 3 aliphatic rings. The van der Waals surface area contributed by atoms with E-state index in [0.717, 1.165) is 12.3 Å². The second kappa shape index (κ2) is 7.07. The third-order valence-electron chi connectivity index (χ3n) is 5.18. The minimum atomic E-state index is -0.0534. The normalized spacial score (nSPS) is 36.6. The van der Waals surface area contributed by atoms with Crippen molar-refractivity contribution >= 4 is 5.91 Å². The van der Waals surface area contributed by atoms with Crippen LogP contribution in [0.25, 0.3) is 0 Å². The van der Waals surface area contributed by atoms with Gasteiger partial charge in [0, 0.05) is 6.42 Å². The number of fused-ring (bicyclic) bond motifs is 1. The van der Waals surface area contributed by atoms with E-state index in [1.807, 2.05) is 0 Å². The fraction of sp³-hybridized carbons (Fsp3) is 0.938. The predicted molar refractivity (Wildman–Crippen MR) is 79.8 cm³/mol. The van der Waals surface area contributed by atoms with Crippen LogP contribution in [0.3, 0.4) is 0 Å². The van der Waals surface area contributed by atoms with Gasteiger partial charge in [0.05, 0.1) is 25.3 Å². The molecule has 0 spiro atoms. The highest BCUT2D eigenvalue weighted by molar-refractivity contribution is 5.76. The zero-order valence-corrected chi connectivity index (χ0v) is 12.8. The second-order valence-electron chi connectivity index (χ2n) is 6.83. The average Bonchev–Trinajstić information content (AvgIpc) is 3.05. The molecule has 1 saturated carbocycles. The summed E-state index contributed by atoms with van der Waals surface area (Å²) in [6.45, 7) is 1.06. The number of carbonyl (C=O) groups excluding carboxylic acids is 1. The van der Waals surface area contributed by atoms with Crippen molar-refractivity contribution in [2.75, 3.05) is 13.2 Å². The Bertz CT molecular complexity index is 357. The maximum absolute atomic E-state index is 12.1. The molecule has 1 aliphatic carbocycles. The van der Waals surface area contributed by atoms with Gasteiger partial charge in [-0.2, -0.15) is 0 Å². The molecule has 21 heavy (non-hydrogen) atoms. The third-order valence-corrected chi connectivity index (χ3v) is 5.18. The Morgan fingerprint density at radius 2 is 1.86 bits per heavy atom. The summed E-state index contributed by atoms with van der Waals surface area (Å²) in [5.41, 5.74) is 5.91. The van der Waals surface area contributed by atoms with Crippen LogP contribution < -0.4 is 11.1 Å². The van der Waals surface area contributed by atoms with Gasteiger partial charge in [-0.15, -0.1) is 0 Å². The summed E-state index contributed by atoms with van der Waals surface area (Å²) >= 11 is 0. The van der Waals surface area contributed by atoms with E-state index in [1.54, 1.807) is 0 Å². The van der Waals surface area contributed by atoms with Crippen LogP contribution in [0.2, 0.25) is 0 Å². The van der Waals surface area contributed by atoms with Crippen LogP contribution in [0, 0.1) is 5.92 Å². The van der Waals surface area contributed by atoms with Gasteiger partial charge in [0.2, 0.25) is 5.91 Å². The van der Waals surface area contributed by atoms with Gasteiger partial charge in [-0.3, -0.25) is 4.79 Å². The molecule has 0 aromatic rings. The number of rotatable bonds is 5. The lowest BCUT2D eigenvalue weighted by Gasteiger charge is -2.21. The molecule has 2 heterocycles. The van der Waals surface area contributed by atoms with Crippen molar-refractivity contribution in [1.82, 2.24) is 5.32 Å². The van der Waals surface area contributed by atoms with E-state index in [0.29, 0.717) is 19.6 Å². The van der Waals surface area contributed by atoms with Crippen LogP contribution in [0.1, 0.15) is 51.4 Å². The summed E-state index contributed by atoms with van der Waals surface area (Å²) in [6.07, 6.45) is 9.56. The minimum absolute atomic E-state index is 0.0225. The van der Waals surface area contributed by atoms with E-state index >= 15 is 0 Å². The summed E-state index contributed by atoms with van der Waals surface area (Å²) in [7, 11) is 0. The number of nitrogens with one attached hydrogen (secondary N) is 1. The number of ether oxygens (including phenoxy) is 2. The molecule has 0 aromatic heterocycles. The number of nitrogens with two attached hydrogens (primary N) is 1. The molecular formula is C16H28N2O3. The van der Waals surface area contributed by atoms with Crippen molar-refractivity contribution in [2.24, 2.45) is 11.7 Å². The van der Waals surface area contributed by atoms with Gasteiger partial charge in [0.15, 0.2) is 0 Å². The zero-order chi connectivity index (χ0) is 14.7. The van der Waals surface area contributed by atoms with Gasteiger partial charge in [-0.1, -0.05) is 32.1 Å². The Morgan fingerprint density at radius 1 is 1.10 bits per heavy atom. The number of amides is 1. The molecule has 4 atom stereocenters. The van der Waals surface area contributed by atoms with E-state index in [1.165, 1.54) is 38.5 Å². The maximum Gasteiger partial charge on any atom is 0.220 e. The quantitative estimate of drug-likeness (QED) is 0.803. The Morgan fingerprint density at radius 3 is 2.67 bits per heavy atom. The van der Waals surface area contributed by atoms with E-state index in [9.17, 15) is 4.79 Å². The van der Waals surface area contributed by atoms with Crippen LogP contribution in [0.5, 0.6) is 0 Å². The monoisotopic (exact) mass is 296 g/mol. The highest BCUT2D eigenvalue weighted by Crippen LogP contribution is 2.28. The lowest BCUT2D eigenvalue weighted by Crippen LogP contribution is -2.44. The smallest absolute Gasteiger partial charge is 0.220 e. The summed E-state index contributed by atoms with van der Waals surface area (Å²) in [5, 5.41) is 3.06. The zero-order valence-electron chi connectivity index (χ0n) is 12.8. The molecule has 0 radical (unpaired) electrons. The molecule has 0 bridgehead atoms. The first-order valence-corrected chi connectivity index (χ1v) is 8.52. The van der Waals surface area contributed by atoms with Crippen molar-refractivity contribution in [3.8, 4) is 0 Å². The largest absolute Gasteiger partial charge is 0.371 e. The lowest BCUT2D eigenvalue weighted by molar-refractivity contribution is -0.122. The summed E-state index contributed by atoms with van der Waals surface area (Å²) in [5.74, 6) is 0.978. The highest BCUT2D eigenvalue weighted by Gasteiger charge is 2.46. The predicted octanol–water partition coefficient (Wildman–Crippen LogP) is 1.35. The third kappa shape index (κ3) is 3.76. The lowest BCUT2D eigenvalue weighted by atomic mass is 9.86. The number of carbonyl (C=O) groups is 1. The number of hydrogen-bond acceptors (Lipinski definition) is 4. The first-order chi connectivity index (χ1) is 10.2. The molecule has 2 saturated heterocycles. The van der Waals surface area contributed by atoms with E-state index in [2.05, 4.69) is 5.32 Å². The van der Waals surface area contributed by atoms with Crippen LogP contribution in [-0.4, -0.2) is 43.4 Å². The second-order valence-corrected chi connectivity index (χ2v) is 6.83. The molecule has 120 valence electrons. The summed E-state index contributed by atoms with van der Waals surface area (Å²) in [4.78, 5) is 12.1. The Hall–Kier alpha value is -0.650. The molecule has 3 fully saturated rings. The molecule has 0 aromatic carbocycles. The van der Waals surface area contributed by atoms with Crippen molar-refractivity contribution in [3.05, 3.63) is 0 Å². The van der Waals surface area contributed by atoms with Gasteiger partial charge in [0.25, 0.3) is 0 Å². The van der Waals surface area contributed by atoms with Gasteiger partial charge in [-0.05, 0) is 18.8 Å². The van der Waals surface area contributed by atoms with Crippen LogP contribution >= 0.6 is 0 Å². The SMILES string of the molecule is NC1COC2C(NC(=O)CCCC3CCCCC3)COC12. The van der Waals surface area contributed by atoms with E-state index in [4.69, 9.17) is 15.2 Å². The van der Waals surface area contributed by atoms with E-state index in [-0.39, 0.29) is 30.2 Å². The summed E-state index contributed by atoms with van der Waals surface area (Å²) in [6, 6.07) is -0.0751. The standard InChI is InChI=1S/C16H28N2O3/c17-12-9-20-16-13(10-21-15(12)16)18-14(19)8-4-7-11-5-2-1-3-6-11/h11-13,15-16H,1-10,17H2,(H,18,19). The maximum atomic E-state index is 12.1. The van der Waals surface area contributed by atoms with Crippen LogP contribution in [0.15, 0.2) is 0 Å². The van der Waals surface area contributed by atoms with Crippen molar-refractivity contribution in [1.29, 1.82) is 0 Å². The number of hydrogen-bond donors (Lipinski definition) is 2. The Balaban J connectivity index is 1.35. The van der Waals surface area contributed by atoms with Gasteiger partial charge in [-0.25, -0.2) is 0 Å². The molecule has 3 N–H and O–H groups in total. The minimum Gasteiger partial charge on any atom is -0.371 e. The van der Waals surface area contributed by atoms with Crippen molar-refractivity contribution < 1.29 is 14.3 Å². The van der Waals surface area contributed by atoms with Crippen molar-refractivity contribution in [3.63, 3.8) is 0 Å². The average molecular weight is 296 g/mol. The molecular weight excluding hydrogens is 268 g/mol. The molecule has 3 rings (SSSR count). The van der Waals surface area contributed by atoms with Gasteiger partial charge in [0.1, 0.15) is 12.2 Å². The Kier molecular flexibility index (Phi) is 5.14. The molecule has 4 unspecified atom stereocenters. The fourth-order valence-electron chi connectivity index (χ4n) is 3.96. The summed E-state index contributed by atoms with van der Waals surface area (Å²) < 4.78 is 11.3.